The SMILES string of the molecule is N#CC(c1c(F)c(F)c(C(F)(F)F)c(F)c1F)C1C(C(=N)c2c(F)c(F)c(C(F)(F)F)c(F)c2F)=C1C(=N)c1c(F)c(F)c(C(F)(F)F)c(F)c1F. The van der Waals surface area contributed by atoms with E-state index in [2.05, 4.69) is 0 Å². The molecule has 3 aromatic rings. The van der Waals surface area contributed by atoms with Crippen LogP contribution in [0.2, 0.25) is 0 Å². The third-order valence-electron chi connectivity index (χ3n) is 7.33. The van der Waals surface area contributed by atoms with E-state index in [0.717, 1.165) is 0 Å². The fourth-order valence-corrected chi connectivity index (χ4v) is 5.10. The lowest BCUT2D eigenvalue weighted by molar-refractivity contribution is -0.144. The molecule has 278 valence electrons. The van der Waals surface area contributed by atoms with E-state index < -0.39 is 156 Å². The van der Waals surface area contributed by atoms with Gasteiger partial charge in [0.15, 0.2) is 69.8 Å². The zero-order chi connectivity index (χ0) is 40.1. The first-order chi connectivity index (χ1) is 23.6. The Morgan fingerprint density at radius 2 is 0.673 bits per heavy atom. The molecule has 52 heavy (non-hydrogen) atoms. The summed E-state index contributed by atoms with van der Waals surface area (Å²) in [6, 6.07) is 0.711. The third kappa shape index (κ3) is 5.88. The Bertz CT molecular complexity index is 1990. The molecule has 0 amide bonds. The summed E-state index contributed by atoms with van der Waals surface area (Å²) in [4.78, 5) is 0. The molecule has 0 spiro atoms. The van der Waals surface area contributed by atoms with Crippen molar-refractivity contribution in [1.29, 1.82) is 16.1 Å². The molecule has 0 aromatic heterocycles. The van der Waals surface area contributed by atoms with Crippen LogP contribution in [0, 0.1) is 97.9 Å². The number of halogens is 21. The summed E-state index contributed by atoms with van der Waals surface area (Å²) in [7, 11) is 0. The average molecular weight is 781 g/mol. The molecule has 2 N–H and O–H groups in total. The molecule has 3 nitrogen and oxygen atoms in total. The van der Waals surface area contributed by atoms with Crippen LogP contribution in [0.3, 0.4) is 0 Å². The van der Waals surface area contributed by atoms with Crippen molar-refractivity contribution in [2.75, 3.05) is 0 Å². The average Bonchev–Trinajstić information content (AvgIpc) is 3.73. The highest BCUT2D eigenvalue weighted by molar-refractivity contribution is 6.26. The molecular formula is C28H4F21N3. The lowest BCUT2D eigenvalue weighted by atomic mass is 9.87. The van der Waals surface area contributed by atoms with Crippen LogP contribution in [0.15, 0.2) is 11.1 Å². The fraction of sp³-hybridized carbons (Fsp3) is 0.179. The number of nitriles is 1. The third-order valence-corrected chi connectivity index (χ3v) is 7.33. The van der Waals surface area contributed by atoms with Gasteiger partial charge < -0.3 is 0 Å². The zero-order valence-corrected chi connectivity index (χ0v) is 23.5. The van der Waals surface area contributed by atoms with Crippen LogP contribution < -0.4 is 0 Å². The Morgan fingerprint density at radius 1 is 0.442 bits per heavy atom. The van der Waals surface area contributed by atoms with Crippen molar-refractivity contribution in [2.24, 2.45) is 5.92 Å². The van der Waals surface area contributed by atoms with Gasteiger partial charge in [-0.05, 0) is 11.1 Å². The molecule has 1 aliphatic carbocycles. The summed E-state index contributed by atoms with van der Waals surface area (Å²) in [6.07, 6.45) is -18.7. The van der Waals surface area contributed by atoms with E-state index in [1.54, 1.807) is 0 Å². The van der Waals surface area contributed by atoms with Crippen LogP contribution in [-0.2, 0) is 18.5 Å². The number of rotatable bonds is 6. The van der Waals surface area contributed by atoms with Crippen molar-refractivity contribution < 1.29 is 92.2 Å². The predicted octanol–water partition coefficient (Wildman–Crippen LogP) is 10.1. The van der Waals surface area contributed by atoms with E-state index in [-0.39, 0.29) is 0 Å². The van der Waals surface area contributed by atoms with E-state index in [1.165, 1.54) is 0 Å². The van der Waals surface area contributed by atoms with Crippen molar-refractivity contribution in [3.8, 4) is 6.07 Å². The topological polar surface area (TPSA) is 71.5 Å². The van der Waals surface area contributed by atoms with Crippen LogP contribution in [0.5, 0.6) is 0 Å². The number of allylic oxidation sites excluding steroid dienone is 2. The zero-order valence-electron chi connectivity index (χ0n) is 23.5. The number of hydrogen-bond donors (Lipinski definition) is 2. The van der Waals surface area contributed by atoms with Crippen LogP contribution in [0.1, 0.15) is 39.3 Å². The maximum Gasteiger partial charge on any atom is 0.422 e. The molecule has 24 heteroatoms. The molecule has 0 radical (unpaired) electrons. The van der Waals surface area contributed by atoms with Gasteiger partial charge in [0.25, 0.3) is 0 Å². The second kappa shape index (κ2) is 12.5. The van der Waals surface area contributed by atoms with Crippen molar-refractivity contribution in [3.05, 3.63) is 114 Å². The number of alkyl halides is 9. The van der Waals surface area contributed by atoms with E-state index in [1.807, 2.05) is 0 Å². The lowest BCUT2D eigenvalue weighted by Crippen LogP contribution is -2.21. The highest BCUT2D eigenvalue weighted by Crippen LogP contribution is 2.54. The minimum absolute atomic E-state index is 0.711. The van der Waals surface area contributed by atoms with E-state index >= 15 is 0 Å². The van der Waals surface area contributed by atoms with Gasteiger partial charge in [0.1, 0.15) is 16.7 Å². The van der Waals surface area contributed by atoms with Gasteiger partial charge in [0.05, 0.1) is 34.5 Å². The van der Waals surface area contributed by atoms with Gasteiger partial charge in [-0.3, -0.25) is 10.8 Å². The van der Waals surface area contributed by atoms with Crippen LogP contribution in [-0.4, -0.2) is 11.4 Å². The van der Waals surface area contributed by atoms with Gasteiger partial charge in [0.2, 0.25) is 0 Å². The molecular weight excluding hydrogens is 777 g/mol. The van der Waals surface area contributed by atoms with Gasteiger partial charge in [-0.25, -0.2) is 52.7 Å². The second-order valence-electron chi connectivity index (χ2n) is 10.2. The second-order valence-corrected chi connectivity index (χ2v) is 10.2. The standard InChI is InChI=1S/C28H4F21N3/c29-12-4(13(30)19(36)9(18(12)35)26(41,42)43)2(1-50)3-5(24(51)7-14(31)20(37)10(27(44,45)46)21(38)15(7)32)6(3)25(52)8-16(33)22(39)11(28(47,48)49)23(40)17(8)34/h2-3,51-52H. The lowest BCUT2D eigenvalue weighted by Gasteiger charge is -2.18. The first-order valence-electron chi connectivity index (χ1n) is 12.7. The summed E-state index contributed by atoms with van der Waals surface area (Å²) in [5.41, 5.74) is -25.9. The molecule has 0 fully saturated rings. The Kier molecular flexibility index (Phi) is 9.48. The predicted molar refractivity (Wildman–Crippen MR) is 126 cm³/mol. The summed E-state index contributed by atoms with van der Waals surface area (Å²) in [5, 5.41) is 25.6. The molecule has 0 bridgehead atoms. The summed E-state index contributed by atoms with van der Waals surface area (Å²) in [6.45, 7) is 0. The fourth-order valence-electron chi connectivity index (χ4n) is 5.10. The highest BCUT2D eigenvalue weighted by atomic mass is 19.4. The largest absolute Gasteiger partial charge is 0.422 e. The molecule has 0 heterocycles. The van der Waals surface area contributed by atoms with Gasteiger partial charge in [-0.15, -0.1) is 0 Å². The molecule has 0 aliphatic heterocycles. The Morgan fingerprint density at radius 3 is 0.885 bits per heavy atom. The van der Waals surface area contributed by atoms with Gasteiger partial charge >= 0.3 is 18.5 Å². The molecule has 1 atom stereocenters. The van der Waals surface area contributed by atoms with Gasteiger partial charge in [0, 0.05) is 11.5 Å². The first-order valence-corrected chi connectivity index (χ1v) is 12.7. The quantitative estimate of drug-likeness (QED) is 0.146. The van der Waals surface area contributed by atoms with Gasteiger partial charge in [-0.1, -0.05) is 0 Å². The van der Waals surface area contributed by atoms with Crippen molar-refractivity contribution in [1.82, 2.24) is 0 Å². The summed E-state index contributed by atoms with van der Waals surface area (Å²) in [5.74, 6) is -45.2. The Hall–Kier alpha value is -5.24. The summed E-state index contributed by atoms with van der Waals surface area (Å²) < 4.78 is 293. The minimum atomic E-state index is -6.23. The molecule has 1 aliphatic rings. The number of hydrogen-bond acceptors (Lipinski definition) is 3. The van der Waals surface area contributed by atoms with Crippen LogP contribution in [0.4, 0.5) is 92.2 Å². The number of nitrogens with zero attached hydrogens (tertiary/aromatic N) is 1. The van der Waals surface area contributed by atoms with Crippen LogP contribution in [0.25, 0.3) is 0 Å². The van der Waals surface area contributed by atoms with Gasteiger partial charge in [-0.2, -0.15) is 44.8 Å². The Labute approximate surface area is 271 Å². The number of nitrogens with one attached hydrogen (secondary N) is 2. The van der Waals surface area contributed by atoms with E-state index in [9.17, 15) is 97.5 Å². The normalized spacial score (nSPS) is 15.6. The maximum absolute atomic E-state index is 14.9. The monoisotopic (exact) mass is 781 g/mol. The van der Waals surface area contributed by atoms with Crippen LogP contribution >= 0.6 is 0 Å². The number of benzene rings is 3. The molecule has 0 saturated heterocycles. The van der Waals surface area contributed by atoms with Crippen molar-refractivity contribution >= 4 is 11.4 Å². The summed E-state index contributed by atoms with van der Waals surface area (Å²) >= 11 is 0. The minimum Gasteiger partial charge on any atom is -0.300 e. The molecule has 4 rings (SSSR count). The maximum atomic E-state index is 14.9. The van der Waals surface area contributed by atoms with Crippen molar-refractivity contribution in [3.63, 3.8) is 0 Å². The molecule has 1 unspecified atom stereocenters. The Balaban J connectivity index is 2.08. The van der Waals surface area contributed by atoms with Crippen molar-refractivity contribution in [2.45, 2.75) is 24.4 Å². The first kappa shape index (κ1) is 39.5. The highest BCUT2D eigenvalue weighted by Gasteiger charge is 2.54. The van der Waals surface area contributed by atoms with E-state index in [0.29, 0.717) is 6.07 Å². The molecule has 3 aromatic carbocycles. The smallest absolute Gasteiger partial charge is 0.300 e. The molecule has 0 saturated carbocycles. The van der Waals surface area contributed by atoms with E-state index in [4.69, 9.17) is 10.8 Å².